The van der Waals surface area contributed by atoms with Crippen LogP contribution in [0.2, 0.25) is 0 Å². The van der Waals surface area contributed by atoms with E-state index in [1.807, 2.05) is 0 Å². The van der Waals surface area contributed by atoms with E-state index in [0.29, 0.717) is 12.2 Å². The molecule has 108 valence electrons. The maximum Gasteiger partial charge on any atom is 0.294 e. The van der Waals surface area contributed by atoms with Gasteiger partial charge in [0, 0.05) is 6.54 Å². The molecule has 0 heterocycles. The van der Waals surface area contributed by atoms with Gasteiger partial charge in [0.05, 0.1) is 17.8 Å². The Balaban J connectivity index is 2.39. The van der Waals surface area contributed by atoms with Crippen LogP contribution in [0.5, 0.6) is 5.75 Å². The summed E-state index contributed by atoms with van der Waals surface area (Å²) >= 11 is 0. The summed E-state index contributed by atoms with van der Waals surface area (Å²) in [5.41, 5.74) is 0. The van der Waals surface area contributed by atoms with E-state index in [2.05, 4.69) is 4.72 Å². The van der Waals surface area contributed by atoms with Gasteiger partial charge in [-0.25, -0.2) is 13.1 Å². The van der Waals surface area contributed by atoms with Crippen molar-refractivity contribution in [2.75, 3.05) is 19.4 Å². The molecule has 1 aromatic rings. The second-order valence-electron chi connectivity index (χ2n) is 3.81. The average Bonchev–Trinajstić information content (AvgIpc) is 2.26. The Kier molecular flexibility index (Phi) is 5.29. The number of nitrogens with one attached hydrogen (secondary N) is 1. The van der Waals surface area contributed by atoms with Crippen LogP contribution in [0.15, 0.2) is 29.2 Å². The molecule has 19 heavy (non-hydrogen) atoms. The molecule has 0 radical (unpaired) electrons. The monoisotopic (exact) mass is 309 g/mol. The summed E-state index contributed by atoms with van der Waals surface area (Å²) < 4.78 is 59.5. The van der Waals surface area contributed by atoms with Gasteiger partial charge >= 0.3 is 0 Å². The minimum atomic E-state index is -4.20. The summed E-state index contributed by atoms with van der Waals surface area (Å²) in [6.07, 6.45) is 1.55. The van der Waals surface area contributed by atoms with Crippen molar-refractivity contribution in [3.8, 4) is 5.75 Å². The summed E-state index contributed by atoms with van der Waals surface area (Å²) in [7, 11) is -7.39. The standard InChI is InChI=1S/C10H15NO6S2/c1-18(12,13)11-7-2-8-17-9-3-5-10(6-4-9)19(14,15)16/h3-6,11H,2,7-8H2,1H3,(H,14,15,16). The normalized spacial score (nSPS) is 12.3. The first-order valence-electron chi connectivity index (χ1n) is 5.33. The van der Waals surface area contributed by atoms with Gasteiger partial charge in [-0.1, -0.05) is 0 Å². The highest BCUT2D eigenvalue weighted by molar-refractivity contribution is 7.88. The van der Waals surface area contributed by atoms with Gasteiger partial charge < -0.3 is 4.74 Å². The van der Waals surface area contributed by atoms with Gasteiger partial charge in [0.25, 0.3) is 10.1 Å². The van der Waals surface area contributed by atoms with E-state index in [9.17, 15) is 16.8 Å². The third-order valence-electron chi connectivity index (χ3n) is 2.08. The Labute approximate surface area is 112 Å². The van der Waals surface area contributed by atoms with Crippen molar-refractivity contribution in [3.05, 3.63) is 24.3 Å². The van der Waals surface area contributed by atoms with Gasteiger partial charge in [-0.2, -0.15) is 8.42 Å². The van der Waals surface area contributed by atoms with Crippen LogP contribution in [0.4, 0.5) is 0 Å². The summed E-state index contributed by atoms with van der Waals surface area (Å²) in [6.45, 7) is 0.551. The van der Waals surface area contributed by atoms with Crippen molar-refractivity contribution < 1.29 is 26.1 Å². The highest BCUT2D eigenvalue weighted by atomic mass is 32.2. The third-order valence-corrected chi connectivity index (χ3v) is 3.67. The summed E-state index contributed by atoms with van der Waals surface area (Å²) in [5, 5.41) is 0. The molecular weight excluding hydrogens is 294 g/mol. The zero-order chi connectivity index (χ0) is 14.5. The molecule has 0 bridgehead atoms. The van der Waals surface area contributed by atoms with Crippen LogP contribution in [0.25, 0.3) is 0 Å². The topological polar surface area (TPSA) is 110 Å². The van der Waals surface area contributed by atoms with E-state index in [1.165, 1.54) is 24.3 Å². The van der Waals surface area contributed by atoms with E-state index in [4.69, 9.17) is 9.29 Å². The molecule has 1 rings (SSSR count). The minimum Gasteiger partial charge on any atom is -0.494 e. The molecule has 1 aromatic carbocycles. The van der Waals surface area contributed by atoms with E-state index in [1.54, 1.807) is 0 Å². The van der Waals surface area contributed by atoms with Crippen molar-refractivity contribution in [1.82, 2.24) is 4.72 Å². The lowest BCUT2D eigenvalue weighted by Gasteiger charge is -2.06. The number of hydrogen-bond acceptors (Lipinski definition) is 5. The molecule has 0 amide bonds. The molecule has 0 aromatic heterocycles. The third kappa shape index (κ3) is 6.53. The summed E-state index contributed by atoms with van der Waals surface area (Å²) in [5.74, 6) is 0.437. The van der Waals surface area contributed by atoms with Gasteiger partial charge in [-0.3, -0.25) is 4.55 Å². The van der Waals surface area contributed by atoms with Gasteiger partial charge in [0.1, 0.15) is 5.75 Å². The molecule has 2 N–H and O–H groups in total. The van der Waals surface area contributed by atoms with Gasteiger partial charge in [-0.05, 0) is 30.7 Å². The van der Waals surface area contributed by atoms with Crippen molar-refractivity contribution in [3.63, 3.8) is 0 Å². The first kappa shape index (κ1) is 15.9. The number of ether oxygens (including phenoxy) is 1. The average molecular weight is 309 g/mol. The van der Waals surface area contributed by atoms with Crippen LogP contribution in [0, 0.1) is 0 Å². The van der Waals surface area contributed by atoms with E-state index < -0.39 is 20.1 Å². The van der Waals surface area contributed by atoms with Crippen molar-refractivity contribution in [2.45, 2.75) is 11.3 Å². The quantitative estimate of drug-likeness (QED) is 0.552. The lowest BCUT2D eigenvalue weighted by atomic mass is 10.3. The molecule has 7 nitrogen and oxygen atoms in total. The highest BCUT2D eigenvalue weighted by Gasteiger charge is 2.08. The van der Waals surface area contributed by atoms with E-state index in [-0.39, 0.29) is 18.0 Å². The van der Waals surface area contributed by atoms with Crippen LogP contribution in [-0.4, -0.2) is 40.8 Å². The highest BCUT2D eigenvalue weighted by Crippen LogP contribution is 2.15. The molecule has 0 aliphatic heterocycles. The molecule has 0 fully saturated rings. The largest absolute Gasteiger partial charge is 0.494 e. The summed E-state index contributed by atoms with van der Waals surface area (Å²) in [4.78, 5) is -0.210. The number of benzene rings is 1. The van der Waals surface area contributed by atoms with Crippen LogP contribution >= 0.6 is 0 Å². The van der Waals surface area contributed by atoms with Crippen molar-refractivity contribution in [2.24, 2.45) is 0 Å². The Morgan fingerprint density at radius 3 is 2.21 bits per heavy atom. The SMILES string of the molecule is CS(=O)(=O)NCCCOc1ccc(S(=O)(=O)O)cc1. The Morgan fingerprint density at radius 1 is 1.16 bits per heavy atom. The van der Waals surface area contributed by atoms with Gasteiger partial charge in [0.2, 0.25) is 10.0 Å². The molecule has 0 saturated heterocycles. The first-order valence-corrected chi connectivity index (χ1v) is 8.66. The van der Waals surface area contributed by atoms with Crippen molar-refractivity contribution >= 4 is 20.1 Å². The molecule has 0 atom stereocenters. The lowest BCUT2D eigenvalue weighted by Crippen LogP contribution is -2.24. The second kappa shape index (κ2) is 6.33. The molecule has 9 heteroatoms. The van der Waals surface area contributed by atoms with Crippen molar-refractivity contribution in [1.29, 1.82) is 0 Å². The molecule has 0 spiro atoms. The maximum atomic E-state index is 10.8. The molecule has 0 aliphatic rings. The number of hydrogen-bond donors (Lipinski definition) is 2. The molecule has 0 aliphatic carbocycles. The smallest absolute Gasteiger partial charge is 0.294 e. The van der Waals surface area contributed by atoms with Crippen LogP contribution in [0.3, 0.4) is 0 Å². The fourth-order valence-electron chi connectivity index (χ4n) is 1.23. The maximum absolute atomic E-state index is 10.8. The minimum absolute atomic E-state index is 0.210. The fourth-order valence-corrected chi connectivity index (χ4v) is 2.22. The number of sulfonamides is 1. The van der Waals surface area contributed by atoms with Crippen LogP contribution in [-0.2, 0) is 20.1 Å². The Bertz CT molecular complexity index is 606. The molecule has 0 unspecified atom stereocenters. The molecular formula is C10H15NO6S2. The number of rotatable bonds is 7. The Hall–Kier alpha value is -1.16. The summed E-state index contributed by atoms with van der Waals surface area (Å²) in [6, 6.07) is 5.26. The van der Waals surface area contributed by atoms with E-state index in [0.717, 1.165) is 6.26 Å². The zero-order valence-corrected chi connectivity index (χ0v) is 11.9. The fraction of sp³-hybridized carbons (Fsp3) is 0.400. The van der Waals surface area contributed by atoms with Crippen LogP contribution in [0.1, 0.15) is 6.42 Å². The predicted molar refractivity (Wildman–Crippen MR) is 69.2 cm³/mol. The predicted octanol–water partition coefficient (Wildman–Crippen LogP) is 0.251. The van der Waals surface area contributed by atoms with E-state index >= 15 is 0 Å². The second-order valence-corrected chi connectivity index (χ2v) is 7.07. The van der Waals surface area contributed by atoms with Gasteiger partial charge in [0.15, 0.2) is 0 Å². The van der Waals surface area contributed by atoms with Crippen LogP contribution < -0.4 is 9.46 Å². The van der Waals surface area contributed by atoms with Gasteiger partial charge in [-0.15, -0.1) is 0 Å². The first-order chi connectivity index (χ1) is 8.68. The molecule has 0 saturated carbocycles. The lowest BCUT2D eigenvalue weighted by molar-refractivity contribution is 0.311. The Morgan fingerprint density at radius 2 is 1.74 bits per heavy atom. The zero-order valence-electron chi connectivity index (χ0n) is 10.2.